The molecule has 66 valence electrons. The molecule has 1 rings (SSSR count). The predicted octanol–water partition coefficient (Wildman–Crippen LogP) is 2.07. The molecule has 2 heteroatoms. The fourth-order valence-electron chi connectivity index (χ4n) is 0.850. The summed E-state index contributed by atoms with van der Waals surface area (Å²) in [4.78, 5) is 5.41. The predicted molar refractivity (Wildman–Crippen MR) is 49.5 cm³/mol. The summed E-state index contributed by atoms with van der Waals surface area (Å²) in [5, 5.41) is 1.83. The molecule has 0 saturated heterocycles. The van der Waals surface area contributed by atoms with Crippen molar-refractivity contribution in [3.63, 3.8) is 0 Å². The van der Waals surface area contributed by atoms with Crippen molar-refractivity contribution < 1.29 is 4.84 Å². The van der Waals surface area contributed by atoms with E-state index in [9.17, 15) is 0 Å². The lowest BCUT2D eigenvalue weighted by Crippen LogP contribution is -2.17. The maximum atomic E-state index is 5.41. The van der Waals surface area contributed by atoms with Crippen LogP contribution in [0.5, 0.6) is 0 Å². The average Bonchev–Trinajstić information content (AvgIpc) is 2.16. The standard InChI is InChI=1S/C10H15NO/c1-3-11(2)12-9-10-7-5-4-6-8-10/h4-8H,3,9H2,1-2H3. The first kappa shape index (κ1) is 9.23. The zero-order valence-electron chi connectivity index (χ0n) is 7.66. The molecule has 2 nitrogen and oxygen atoms in total. The van der Waals surface area contributed by atoms with Gasteiger partial charge in [-0.2, -0.15) is 5.06 Å². The minimum absolute atomic E-state index is 0.658. The summed E-state index contributed by atoms with van der Waals surface area (Å²) in [5.41, 5.74) is 1.21. The average molecular weight is 165 g/mol. The van der Waals surface area contributed by atoms with Crippen molar-refractivity contribution in [3.05, 3.63) is 35.9 Å². The molecule has 0 amide bonds. The fourth-order valence-corrected chi connectivity index (χ4v) is 0.850. The molecule has 0 radical (unpaired) electrons. The van der Waals surface area contributed by atoms with Crippen molar-refractivity contribution in [3.8, 4) is 0 Å². The lowest BCUT2D eigenvalue weighted by molar-refractivity contribution is -0.147. The first-order valence-electron chi connectivity index (χ1n) is 4.21. The minimum Gasteiger partial charge on any atom is -0.295 e. The van der Waals surface area contributed by atoms with Gasteiger partial charge >= 0.3 is 0 Å². The van der Waals surface area contributed by atoms with Crippen LogP contribution in [-0.4, -0.2) is 18.7 Å². The Bertz CT molecular complexity index is 210. The van der Waals surface area contributed by atoms with Crippen molar-refractivity contribution in [2.45, 2.75) is 13.5 Å². The summed E-state index contributed by atoms with van der Waals surface area (Å²) in [5.74, 6) is 0. The van der Waals surface area contributed by atoms with E-state index in [-0.39, 0.29) is 0 Å². The smallest absolute Gasteiger partial charge is 0.0935 e. The van der Waals surface area contributed by atoms with Crippen LogP contribution in [0.3, 0.4) is 0 Å². The van der Waals surface area contributed by atoms with Crippen LogP contribution in [0.15, 0.2) is 30.3 Å². The zero-order valence-corrected chi connectivity index (χ0v) is 7.66. The van der Waals surface area contributed by atoms with Crippen LogP contribution in [0.25, 0.3) is 0 Å². The number of nitrogens with zero attached hydrogens (tertiary/aromatic N) is 1. The van der Waals surface area contributed by atoms with E-state index in [2.05, 4.69) is 19.1 Å². The zero-order chi connectivity index (χ0) is 8.81. The molecule has 0 aliphatic carbocycles. The first-order chi connectivity index (χ1) is 5.83. The molecule has 0 aromatic heterocycles. The molecular formula is C10H15NO. The summed E-state index contributed by atoms with van der Waals surface area (Å²) < 4.78 is 0. The second-order valence-electron chi connectivity index (χ2n) is 2.70. The SMILES string of the molecule is CCN(C)OCc1ccccc1. The monoisotopic (exact) mass is 165 g/mol. The summed E-state index contributed by atoms with van der Waals surface area (Å²) in [7, 11) is 1.93. The number of hydrogen-bond donors (Lipinski definition) is 0. The Morgan fingerprint density at radius 1 is 1.25 bits per heavy atom. The van der Waals surface area contributed by atoms with E-state index in [0.29, 0.717) is 6.61 Å². The molecule has 1 aromatic rings. The topological polar surface area (TPSA) is 12.5 Å². The van der Waals surface area contributed by atoms with Gasteiger partial charge in [0.2, 0.25) is 0 Å². The molecule has 0 fully saturated rings. The molecule has 0 heterocycles. The number of hydroxylamine groups is 2. The van der Waals surface area contributed by atoms with E-state index >= 15 is 0 Å². The van der Waals surface area contributed by atoms with Gasteiger partial charge in [0.05, 0.1) is 6.61 Å². The van der Waals surface area contributed by atoms with Crippen LogP contribution in [0.2, 0.25) is 0 Å². The fraction of sp³-hybridized carbons (Fsp3) is 0.400. The van der Waals surface area contributed by atoms with E-state index in [4.69, 9.17) is 4.84 Å². The first-order valence-corrected chi connectivity index (χ1v) is 4.21. The maximum Gasteiger partial charge on any atom is 0.0935 e. The molecule has 0 atom stereocenters. The van der Waals surface area contributed by atoms with E-state index in [1.165, 1.54) is 5.56 Å². The maximum absolute atomic E-state index is 5.41. The second kappa shape index (κ2) is 4.91. The Kier molecular flexibility index (Phi) is 3.77. The van der Waals surface area contributed by atoms with Crippen LogP contribution in [-0.2, 0) is 11.4 Å². The molecular weight excluding hydrogens is 150 g/mol. The Morgan fingerprint density at radius 3 is 2.50 bits per heavy atom. The number of rotatable bonds is 4. The number of hydrogen-bond acceptors (Lipinski definition) is 2. The Balaban J connectivity index is 2.33. The molecule has 1 aromatic carbocycles. The largest absolute Gasteiger partial charge is 0.295 e. The molecule has 0 spiro atoms. The van der Waals surface area contributed by atoms with Gasteiger partial charge in [0, 0.05) is 13.6 Å². The second-order valence-corrected chi connectivity index (χ2v) is 2.70. The molecule has 0 saturated carbocycles. The highest BCUT2D eigenvalue weighted by Crippen LogP contribution is 2.01. The third-order valence-corrected chi connectivity index (χ3v) is 1.74. The summed E-state index contributed by atoms with van der Waals surface area (Å²) in [6.45, 7) is 3.63. The van der Waals surface area contributed by atoms with Crippen molar-refractivity contribution in [1.82, 2.24) is 5.06 Å². The summed E-state index contributed by atoms with van der Waals surface area (Å²) in [6, 6.07) is 10.2. The third kappa shape index (κ3) is 3.03. The third-order valence-electron chi connectivity index (χ3n) is 1.74. The molecule has 0 aliphatic heterocycles. The summed E-state index contributed by atoms with van der Waals surface area (Å²) in [6.07, 6.45) is 0. The van der Waals surface area contributed by atoms with E-state index in [1.54, 1.807) is 0 Å². The Labute approximate surface area is 73.7 Å². The van der Waals surface area contributed by atoms with Crippen LogP contribution < -0.4 is 0 Å². The van der Waals surface area contributed by atoms with Crippen molar-refractivity contribution >= 4 is 0 Å². The van der Waals surface area contributed by atoms with Gasteiger partial charge in [0.15, 0.2) is 0 Å². The van der Waals surface area contributed by atoms with Gasteiger partial charge in [0.1, 0.15) is 0 Å². The Hall–Kier alpha value is -0.860. The van der Waals surface area contributed by atoms with Crippen LogP contribution in [0.4, 0.5) is 0 Å². The van der Waals surface area contributed by atoms with Gasteiger partial charge in [0.25, 0.3) is 0 Å². The minimum atomic E-state index is 0.658. The van der Waals surface area contributed by atoms with Crippen LogP contribution in [0.1, 0.15) is 12.5 Å². The molecule has 12 heavy (non-hydrogen) atoms. The van der Waals surface area contributed by atoms with Crippen molar-refractivity contribution in [2.75, 3.05) is 13.6 Å². The highest BCUT2D eigenvalue weighted by molar-refractivity contribution is 5.13. The van der Waals surface area contributed by atoms with E-state index < -0.39 is 0 Å². The quantitative estimate of drug-likeness (QED) is 0.633. The highest BCUT2D eigenvalue weighted by atomic mass is 16.7. The Morgan fingerprint density at radius 2 is 1.92 bits per heavy atom. The van der Waals surface area contributed by atoms with Gasteiger partial charge in [-0.05, 0) is 5.56 Å². The lowest BCUT2D eigenvalue weighted by atomic mass is 10.2. The van der Waals surface area contributed by atoms with Gasteiger partial charge < -0.3 is 0 Å². The van der Waals surface area contributed by atoms with Crippen LogP contribution >= 0.6 is 0 Å². The van der Waals surface area contributed by atoms with Gasteiger partial charge in [-0.15, -0.1) is 0 Å². The molecule has 0 unspecified atom stereocenters. The van der Waals surface area contributed by atoms with Crippen molar-refractivity contribution in [2.24, 2.45) is 0 Å². The van der Waals surface area contributed by atoms with E-state index in [1.807, 2.05) is 30.3 Å². The van der Waals surface area contributed by atoms with Crippen molar-refractivity contribution in [1.29, 1.82) is 0 Å². The molecule has 0 N–H and O–H groups in total. The summed E-state index contributed by atoms with van der Waals surface area (Å²) >= 11 is 0. The van der Waals surface area contributed by atoms with Gasteiger partial charge in [-0.25, -0.2) is 0 Å². The lowest BCUT2D eigenvalue weighted by Gasteiger charge is -2.13. The van der Waals surface area contributed by atoms with Crippen LogP contribution in [0, 0.1) is 0 Å². The van der Waals surface area contributed by atoms with Gasteiger partial charge in [-0.3, -0.25) is 4.84 Å². The normalized spacial score (nSPS) is 10.6. The van der Waals surface area contributed by atoms with Gasteiger partial charge in [-0.1, -0.05) is 37.3 Å². The molecule has 0 bridgehead atoms. The number of benzene rings is 1. The highest BCUT2D eigenvalue weighted by Gasteiger charge is 1.94. The molecule has 0 aliphatic rings. The van der Waals surface area contributed by atoms with E-state index in [0.717, 1.165) is 6.54 Å².